The van der Waals surface area contributed by atoms with Gasteiger partial charge in [0.25, 0.3) is 0 Å². The molecule has 1 aliphatic carbocycles. The number of hydrogen-bond donors (Lipinski definition) is 1. The molecule has 20 heavy (non-hydrogen) atoms. The standard InChI is InChI=1S/C16H17NO3/c1-20-10-11-3-2-4-12(9-11)14-7-8-15(16(18)19)17(14)13-5-6-13/h2-4,7-9,13H,5-6,10H2,1H3,(H,18,19). The summed E-state index contributed by atoms with van der Waals surface area (Å²) in [4.78, 5) is 11.3. The van der Waals surface area contributed by atoms with Gasteiger partial charge in [-0.25, -0.2) is 4.79 Å². The highest BCUT2D eigenvalue weighted by Gasteiger charge is 2.29. The van der Waals surface area contributed by atoms with Crippen LogP contribution in [0.15, 0.2) is 36.4 Å². The van der Waals surface area contributed by atoms with Crippen molar-refractivity contribution in [2.75, 3.05) is 7.11 Å². The van der Waals surface area contributed by atoms with Crippen molar-refractivity contribution in [3.05, 3.63) is 47.7 Å². The normalized spacial score (nSPS) is 14.4. The fourth-order valence-electron chi connectivity index (χ4n) is 2.57. The Kier molecular flexibility index (Phi) is 3.32. The Morgan fingerprint density at radius 2 is 2.15 bits per heavy atom. The lowest BCUT2D eigenvalue weighted by Crippen LogP contribution is -2.08. The molecule has 1 aliphatic rings. The average Bonchev–Trinajstić information content (AvgIpc) is 3.17. The molecule has 0 amide bonds. The Morgan fingerprint density at radius 1 is 1.35 bits per heavy atom. The molecule has 4 nitrogen and oxygen atoms in total. The first-order valence-electron chi connectivity index (χ1n) is 6.73. The third-order valence-electron chi connectivity index (χ3n) is 3.58. The zero-order valence-corrected chi connectivity index (χ0v) is 11.4. The predicted octanol–water partition coefficient (Wildman–Crippen LogP) is 3.33. The van der Waals surface area contributed by atoms with Gasteiger partial charge in [0.15, 0.2) is 0 Å². The summed E-state index contributed by atoms with van der Waals surface area (Å²) < 4.78 is 7.10. The molecule has 0 bridgehead atoms. The molecule has 4 heteroatoms. The minimum Gasteiger partial charge on any atom is -0.477 e. The molecule has 0 unspecified atom stereocenters. The Hall–Kier alpha value is -2.07. The summed E-state index contributed by atoms with van der Waals surface area (Å²) in [6.07, 6.45) is 2.11. The van der Waals surface area contributed by atoms with Gasteiger partial charge in [0, 0.05) is 18.8 Å². The van der Waals surface area contributed by atoms with Crippen molar-refractivity contribution in [2.24, 2.45) is 0 Å². The van der Waals surface area contributed by atoms with Crippen molar-refractivity contribution >= 4 is 5.97 Å². The van der Waals surface area contributed by atoms with E-state index >= 15 is 0 Å². The summed E-state index contributed by atoms with van der Waals surface area (Å²) >= 11 is 0. The van der Waals surface area contributed by atoms with Crippen LogP contribution in [0.4, 0.5) is 0 Å². The van der Waals surface area contributed by atoms with Crippen molar-refractivity contribution < 1.29 is 14.6 Å². The van der Waals surface area contributed by atoms with Crippen molar-refractivity contribution in [1.29, 1.82) is 0 Å². The van der Waals surface area contributed by atoms with Crippen molar-refractivity contribution in [1.82, 2.24) is 4.57 Å². The molecular weight excluding hydrogens is 254 g/mol. The number of aromatic nitrogens is 1. The molecule has 1 aromatic heterocycles. The monoisotopic (exact) mass is 271 g/mol. The van der Waals surface area contributed by atoms with Crippen LogP contribution in [0.5, 0.6) is 0 Å². The van der Waals surface area contributed by atoms with Gasteiger partial charge in [-0.2, -0.15) is 0 Å². The molecule has 0 saturated heterocycles. The number of rotatable bonds is 5. The summed E-state index contributed by atoms with van der Waals surface area (Å²) in [6.45, 7) is 0.559. The van der Waals surface area contributed by atoms with Crippen LogP contribution < -0.4 is 0 Å². The van der Waals surface area contributed by atoms with E-state index in [1.165, 1.54) is 0 Å². The number of methoxy groups -OCH3 is 1. The van der Waals surface area contributed by atoms with Gasteiger partial charge in [0.2, 0.25) is 0 Å². The largest absolute Gasteiger partial charge is 0.477 e. The first-order valence-corrected chi connectivity index (χ1v) is 6.73. The van der Waals surface area contributed by atoms with E-state index in [0.29, 0.717) is 18.3 Å². The SMILES string of the molecule is COCc1cccc(-c2ccc(C(=O)O)n2C2CC2)c1. The van der Waals surface area contributed by atoms with Gasteiger partial charge in [-0.3, -0.25) is 0 Å². The Balaban J connectivity index is 2.05. The number of carboxylic acid groups (broad SMARTS) is 1. The molecule has 0 aliphatic heterocycles. The number of benzene rings is 1. The third kappa shape index (κ3) is 2.34. The molecule has 3 rings (SSSR count). The van der Waals surface area contributed by atoms with Gasteiger partial charge in [0.05, 0.1) is 6.61 Å². The van der Waals surface area contributed by atoms with Gasteiger partial charge < -0.3 is 14.4 Å². The van der Waals surface area contributed by atoms with Crippen molar-refractivity contribution in [2.45, 2.75) is 25.5 Å². The second kappa shape index (κ2) is 5.13. The maximum absolute atomic E-state index is 11.3. The van der Waals surface area contributed by atoms with Crippen LogP contribution in [0, 0.1) is 0 Å². The molecule has 1 N–H and O–H groups in total. The van der Waals surface area contributed by atoms with Crippen molar-refractivity contribution in [3.63, 3.8) is 0 Å². The zero-order valence-electron chi connectivity index (χ0n) is 11.4. The van der Waals surface area contributed by atoms with Gasteiger partial charge >= 0.3 is 5.97 Å². The molecule has 1 saturated carbocycles. The first-order chi connectivity index (χ1) is 9.70. The zero-order chi connectivity index (χ0) is 14.1. The van der Waals surface area contributed by atoms with Gasteiger partial charge in [0.1, 0.15) is 5.69 Å². The lowest BCUT2D eigenvalue weighted by atomic mass is 10.1. The lowest BCUT2D eigenvalue weighted by Gasteiger charge is -2.11. The van der Waals surface area contributed by atoms with Crippen LogP contribution in [0.25, 0.3) is 11.3 Å². The van der Waals surface area contributed by atoms with Crippen molar-refractivity contribution in [3.8, 4) is 11.3 Å². The Labute approximate surface area is 117 Å². The Morgan fingerprint density at radius 3 is 2.80 bits per heavy atom. The molecule has 1 fully saturated rings. The molecule has 0 spiro atoms. The number of ether oxygens (including phenoxy) is 1. The third-order valence-corrected chi connectivity index (χ3v) is 3.58. The van der Waals surface area contributed by atoms with Crippen LogP contribution in [-0.4, -0.2) is 22.8 Å². The highest BCUT2D eigenvalue weighted by molar-refractivity contribution is 5.87. The van der Waals surface area contributed by atoms with E-state index in [1.807, 2.05) is 28.8 Å². The smallest absolute Gasteiger partial charge is 0.352 e. The van der Waals surface area contributed by atoms with Gasteiger partial charge in [-0.15, -0.1) is 0 Å². The van der Waals surface area contributed by atoms with Crippen LogP contribution in [0.1, 0.15) is 34.9 Å². The minimum atomic E-state index is -0.865. The van der Waals surface area contributed by atoms with Crippen LogP contribution in [-0.2, 0) is 11.3 Å². The molecule has 1 aromatic carbocycles. The number of nitrogens with zero attached hydrogens (tertiary/aromatic N) is 1. The van der Waals surface area contributed by atoms with E-state index in [2.05, 4.69) is 6.07 Å². The summed E-state index contributed by atoms with van der Waals surface area (Å²) in [5, 5.41) is 9.30. The number of carbonyl (C=O) groups is 1. The maximum atomic E-state index is 11.3. The molecule has 1 heterocycles. The average molecular weight is 271 g/mol. The van der Waals surface area contributed by atoms with Crippen LogP contribution in [0.2, 0.25) is 0 Å². The fourth-order valence-corrected chi connectivity index (χ4v) is 2.57. The molecule has 104 valence electrons. The quantitative estimate of drug-likeness (QED) is 0.907. The highest BCUT2D eigenvalue weighted by atomic mass is 16.5. The topological polar surface area (TPSA) is 51.5 Å². The number of carboxylic acids is 1. The van der Waals surface area contributed by atoms with Gasteiger partial charge in [-0.1, -0.05) is 18.2 Å². The Bertz CT molecular complexity index is 641. The van der Waals surface area contributed by atoms with E-state index in [4.69, 9.17) is 4.74 Å². The van der Waals surface area contributed by atoms with E-state index in [9.17, 15) is 9.90 Å². The number of hydrogen-bond acceptors (Lipinski definition) is 2. The molecule has 0 radical (unpaired) electrons. The summed E-state index contributed by atoms with van der Waals surface area (Å²) in [5.41, 5.74) is 3.48. The van der Waals surface area contributed by atoms with Crippen LogP contribution in [0.3, 0.4) is 0 Å². The van der Waals surface area contributed by atoms with Crippen LogP contribution >= 0.6 is 0 Å². The molecule has 0 atom stereocenters. The summed E-state index contributed by atoms with van der Waals surface area (Å²) in [6, 6.07) is 12.0. The lowest BCUT2D eigenvalue weighted by molar-refractivity contribution is 0.0685. The maximum Gasteiger partial charge on any atom is 0.352 e. The summed E-state index contributed by atoms with van der Waals surface area (Å²) in [7, 11) is 1.67. The molecule has 2 aromatic rings. The van der Waals surface area contributed by atoms with E-state index in [0.717, 1.165) is 29.7 Å². The molecular formula is C16H17NO3. The van der Waals surface area contributed by atoms with E-state index in [1.54, 1.807) is 13.2 Å². The number of aromatic carboxylic acids is 1. The fraction of sp³-hybridized carbons (Fsp3) is 0.312. The second-order valence-corrected chi connectivity index (χ2v) is 5.14. The first kappa shape index (κ1) is 12.9. The van der Waals surface area contributed by atoms with Gasteiger partial charge in [-0.05, 0) is 42.2 Å². The predicted molar refractivity (Wildman–Crippen MR) is 75.8 cm³/mol. The van der Waals surface area contributed by atoms with E-state index in [-0.39, 0.29) is 0 Å². The minimum absolute atomic E-state index is 0.331. The highest BCUT2D eigenvalue weighted by Crippen LogP contribution is 2.40. The second-order valence-electron chi connectivity index (χ2n) is 5.14. The van der Waals surface area contributed by atoms with E-state index < -0.39 is 5.97 Å². The summed E-state index contributed by atoms with van der Waals surface area (Å²) in [5.74, 6) is -0.865.